The first-order valence-corrected chi connectivity index (χ1v) is 7.73. The van der Waals surface area contributed by atoms with Gasteiger partial charge in [-0.25, -0.2) is 0 Å². The van der Waals surface area contributed by atoms with Crippen LogP contribution in [0.2, 0.25) is 0 Å². The lowest BCUT2D eigenvalue weighted by atomic mass is 9.88. The summed E-state index contributed by atoms with van der Waals surface area (Å²) in [6.07, 6.45) is 4.76. The number of likely N-dealkylation sites (tertiary alicyclic amines) is 1. The van der Waals surface area contributed by atoms with Crippen molar-refractivity contribution in [3.63, 3.8) is 0 Å². The Balaban J connectivity index is 1.99. The molecule has 0 amide bonds. The molecule has 0 radical (unpaired) electrons. The number of aliphatic hydroxyl groups is 1. The standard InChI is InChI=1S/C17H27NO2/c1-3-10-18-11-5-8-17(19,9-12-18)14-15-6-4-7-16(13-15)20-2/h4,6-7,13,19H,3,5,8-12,14H2,1-2H3. The zero-order chi connectivity index (χ0) is 14.4. The minimum atomic E-state index is -0.561. The van der Waals surface area contributed by atoms with Gasteiger partial charge in [-0.3, -0.25) is 0 Å². The van der Waals surface area contributed by atoms with Crippen LogP contribution in [0.1, 0.15) is 38.2 Å². The summed E-state index contributed by atoms with van der Waals surface area (Å²) in [7, 11) is 1.68. The van der Waals surface area contributed by atoms with Gasteiger partial charge in [0.2, 0.25) is 0 Å². The van der Waals surface area contributed by atoms with Crippen molar-refractivity contribution in [2.24, 2.45) is 0 Å². The molecule has 0 aromatic heterocycles. The number of hydrogen-bond acceptors (Lipinski definition) is 3. The fourth-order valence-corrected chi connectivity index (χ4v) is 3.11. The molecule has 1 unspecified atom stereocenters. The SMILES string of the molecule is CCCN1CCCC(O)(Cc2cccc(OC)c2)CC1. The lowest BCUT2D eigenvalue weighted by molar-refractivity contribution is 0.0257. The van der Waals surface area contributed by atoms with E-state index in [1.54, 1.807) is 7.11 Å². The molecule has 0 bridgehead atoms. The van der Waals surface area contributed by atoms with Gasteiger partial charge in [0.1, 0.15) is 5.75 Å². The van der Waals surface area contributed by atoms with E-state index in [0.717, 1.165) is 56.6 Å². The highest BCUT2D eigenvalue weighted by atomic mass is 16.5. The topological polar surface area (TPSA) is 32.7 Å². The molecule has 0 aliphatic carbocycles. The summed E-state index contributed by atoms with van der Waals surface area (Å²) in [5.41, 5.74) is 0.602. The molecule has 20 heavy (non-hydrogen) atoms. The van der Waals surface area contributed by atoms with Crippen LogP contribution in [0.5, 0.6) is 5.75 Å². The molecule has 1 saturated heterocycles. The van der Waals surface area contributed by atoms with Crippen LogP contribution in [0, 0.1) is 0 Å². The van der Waals surface area contributed by atoms with Crippen LogP contribution in [0.3, 0.4) is 0 Å². The van der Waals surface area contributed by atoms with E-state index in [0.29, 0.717) is 0 Å². The predicted molar refractivity (Wildman–Crippen MR) is 82.2 cm³/mol. The minimum Gasteiger partial charge on any atom is -0.497 e. The first kappa shape index (κ1) is 15.3. The zero-order valence-electron chi connectivity index (χ0n) is 12.8. The highest BCUT2D eigenvalue weighted by Gasteiger charge is 2.30. The van der Waals surface area contributed by atoms with E-state index >= 15 is 0 Å². The van der Waals surface area contributed by atoms with Crippen molar-refractivity contribution in [3.05, 3.63) is 29.8 Å². The van der Waals surface area contributed by atoms with Crippen molar-refractivity contribution in [3.8, 4) is 5.75 Å². The van der Waals surface area contributed by atoms with Gasteiger partial charge < -0.3 is 14.7 Å². The second-order valence-electron chi connectivity index (χ2n) is 5.95. The molecule has 1 aliphatic rings. The van der Waals surface area contributed by atoms with Crippen molar-refractivity contribution in [1.29, 1.82) is 0 Å². The molecule has 112 valence electrons. The number of methoxy groups -OCH3 is 1. The maximum Gasteiger partial charge on any atom is 0.119 e. The van der Waals surface area contributed by atoms with E-state index in [4.69, 9.17) is 4.74 Å². The average molecular weight is 277 g/mol. The Hall–Kier alpha value is -1.06. The Morgan fingerprint density at radius 2 is 2.15 bits per heavy atom. The van der Waals surface area contributed by atoms with Gasteiger partial charge in [-0.2, -0.15) is 0 Å². The molecule has 2 rings (SSSR count). The molecule has 1 N–H and O–H groups in total. The van der Waals surface area contributed by atoms with Crippen LogP contribution < -0.4 is 4.74 Å². The zero-order valence-corrected chi connectivity index (χ0v) is 12.8. The molecule has 1 aromatic carbocycles. The Kier molecular flexibility index (Phi) is 5.44. The van der Waals surface area contributed by atoms with Crippen LogP contribution >= 0.6 is 0 Å². The van der Waals surface area contributed by atoms with E-state index in [1.165, 1.54) is 6.42 Å². The molecule has 1 heterocycles. The van der Waals surface area contributed by atoms with Crippen LogP contribution in [0.4, 0.5) is 0 Å². The largest absolute Gasteiger partial charge is 0.497 e. The summed E-state index contributed by atoms with van der Waals surface area (Å²) < 4.78 is 5.26. The molecule has 3 heteroatoms. The molecule has 1 aliphatic heterocycles. The summed E-state index contributed by atoms with van der Waals surface area (Å²) in [6.45, 7) is 5.49. The molecule has 0 saturated carbocycles. The Bertz CT molecular complexity index is 421. The van der Waals surface area contributed by atoms with Gasteiger partial charge in [0, 0.05) is 13.0 Å². The lowest BCUT2D eigenvalue weighted by Crippen LogP contribution is -2.33. The van der Waals surface area contributed by atoms with Gasteiger partial charge in [-0.05, 0) is 56.5 Å². The molecule has 1 aromatic rings. The van der Waals surface area contributed by atoms with Crippen molar-refractivity contribution in [1.82, 2.24) is 4.90 Å². The fraction of sp³-hybridized carbons (Fsp3) is 0.647. The monoisotopic (exact) mass is 277 g/mol. The van der Waals surface area contributed by atoms with Gasteiger partial charge >= 0.3 is 0 Å². The van der Waals surface area contributed by atoms with Gasteiger partial charge in [-0.1, -0.05) is 19.1 Å². The summed E-state index contributed by atoms with van der Waals surface area (Å²) in [5.74, 6) is 0.868. The number of nitrogens with zero attached hydrogens (tertiary/aromatic N) is 1. The first-order chi connectivity index (χ1) is 9.65. The van der Waals surface area contributed by atoms with Gasteiger partial charge in [-0.15, -0.1) is 0 Å². The van der Waals surface area contributed by atoms with E-state index in [9.17, 15) is 5.11 Å². The van der Waals surface area contributed by atoms with Crippen LogP contribution in [0.25, 0.3) is 0 Å². The van der Waals surface area contributed by atoms with Gasteiger partial charge in [0.15, 0.2) is 0 Å². The van der Waals surface area contributed by atoms with Gasteiger partial charge in [0.25, 0.3) is 0 Å². The smallest absolute Gasteiger partial charge is 0.119 e. The van der Waals surface area contributed by atoms with E-state index in [-0.39, 0.29) is 0 Å². The predicted octanol–water partition coefficient (Wildman–Crippen LogP) is 2.86. The fourth-order valence-electron chi connectivity index (χ4n) is 3.11. The Morgan fingerprint density at radius 3 is 2.90 bits per heavy atom. The van der Waals surface area contributed by atoms with Crippen molar-refractivity contribution in [2.75, 3.05) is 26.7 Å². The summed E-state index contributed by atoms with van der Waals surface area (Å²) in [4.78, 5) is 2.48. The van der Waals surface area contributed by atoms with Crippen LogP contribution in [-0.2, 0) is 6.42 Å². The summed E-state index contributed by atoms with van der Waals surface area (Å²) in [5, 5.41) is 10.9. The number of rotatable bonds is 5. The van der Waals surface area contributed by atoms with Gasteiger partial charge in [0.05, 0.1) is 12.7 Å². The summed E-state index contributed by atoms with van der Waals surface area (Å²) in [6, 6.07) is 8.06. The average Bonchev–Trinajstić information content (AvgIpc) is 2.62. The Labute approximate surface area is 122 Å². The molecule has 1 fully saturated rings. The maximum absolute atomic E-state index is 10.9. The van der Waals surface area contributed by atoms with Crippen molar-refractivity contribution < 1.29 is 9.84 Å². The molecular weight excluding hydrogens is 250 g/mol. The van der Waals surface area contributed by atoms with Crippen molar-refractivity contribution >= 4 is 0 Å². The second-order valence-corrected chi connectivity index (χ2v) is 5.95. The number of ether oxygens (including phenoxy) is 1. The molecule has 3 nitrogen and oxygen atoms in total. The quantitative estimate of drug-likeness (QED) is 0.898. The van der Waals surface area contributed by atoms with E-state index in [2.05, 4.69) is 17.9 Å². The number of benzene rings is 1. The minimum absolute atomic E-state index is 0.561. The third-order valence-corrected chi connectivity index (χ3v) is 4.22. The summed E-state index contributed by atoms with van der Waals surface area (Å²) >= 11 is 0. The highest BCUT2D eigenvalue weighted by molar-refractivity contribution is 5.29. The highest BCUT2D eigenvalue weighted by Crippen LogP contribution is 2.27. The second kappa shape index (κ2) is 7.09. The number of hydrogen-bond donors (Lipinski definition) is 1. The molecule has 0 spiro atoms. The molecular formula is C17H27NO2. The molecule has 1 atom stereocenters. The Morgan fingerprint density at radius 1 is 1.30 bits per heavy atom. The lowest BCUT2D eigenvalue weighted by Gasteiger charge is -2.27. The van der Waals surface area contributed by atoms with Crippen molar-refractivity contribution in [2.45, 2.75) is 44.6 Å². The third kappa shape index (κ3) is 4.22. The third-order valence-electron chi connectivity index (χ3n) is 4.22. The maximum atomic E-state index is 10.9. The van der Waals surface area contributed by atoms with E-state index < -0.39 is 5.60 Å². The normalized spacial score (nSPS) is 24.4. The van der Waals surface area contributed by atoms with E-state index in [1.807, 2.05) is 18.2 Å². The van der Waals surface area contributed by atoms with Crippen LogP contribution in [0.15, 0.2) is 24.3 Å². The first-order valence-electron chi connectivity index (χ1n) is 7.73. The van der Waals surface area contributed by atoms with Crippen LogP contribution in [-0.4, -0.2) is 42.4 Å².